The summed E-state index contributed by atoms with van der Waals surface area (Å²) in [6.07, 6.45) is 1.02. The molecule has 0 aliphatic heterocycles. The van der Waals surface area contributed by atoms with Gasteiger partial charge in [0.05, 0.1) is 5.75 Å². The highest BCUT2D eigenvalue weighted by Gasteiger charge is 2.21. The minimum atomic E-state index is -3.16. The highest BCUT2D eigenvalue weighted by Crippen LogP contribution is 2.14. The molecule has 0 heterocycles. The minimum Gasteiger partial charge on any atom is -0.316 e. The summed E-state index contributed by atoms with van der Waals surface area (Å²) in [5.74, 6) is 0.144. The second-order valence-electron chi connectivity index (χ2n) is 5.79. The molecule has 0 saturated heterocycles. The fourth-order valence-electron chi connectivity index (χ4n) is 1.80. The summed E-state index contributed by atoms with van der Waals surface area (Å²) in [7, 11) is 0.820. The lowest BCUT2D eigenvalue weighted by atomic mass is 9.93. The monoisotopic (exact) mass is 279 g/mol. The van der Waals surface area contributed by atoms with Gasteiger partial charge in [0.1, 0.15) is 0 Å². The Labute approximate surface area is 112 Å². The molecule has 110 valence electrons. The fourth-order valence-corrected chi connectivity index (χ4v) is 2.97. The van der Waals surface area contributed by atoms with Crippen molar-refractivity contribution in [2.75, 3.05) is 46.0 Å². The van der Waals surface area contributed by atoms with Gasteiger partial charge in [0, 0.05) is 19.6 Å². The molecular weight excluding hydrogens is 250 g/mol. The first kappa shape index (κ1) is 17.8. The van der Waals surface area contributed by atoms with Crippen LogP contribution in [0.3, 0.4) is 0 Å². The quantitative estimate of drug-likeness (QED) is 0.572. The number of nitrogens with zero attached hydrogens (tertiary/aromatic N) is 1. The van der Waals surface area contributed by atoms with E-state index in [1.54, 1.807) is 0 Å². The molecule has 0 radical (unpaired) electrons. The Morgan fingerprint density at radius 3 is 2.28 bits per heavy atom. The minimum absolute atomic E-state index is 0.0621. The third-order valence-corrected chi connectivity index (χ3v) is 3.81. The Morgan fingerprint density at radius 1 is 1.17 bits per heavy atom. The molecule has 0 fully saturated rings. The van der Waals surface area contributed by atoms with Gasteiger partial charge in [-0.15, -0.1) is 0 Å². The maximum atomic E-state index is 11.8. The van der Waals surface area contributed by atoms with Gasteiger partial charge < -0.3 is 10.2 Å². The lowest BCUT2D eigenvalue weighted by Crippen LogP contribution is -2.41. The number of hydrogen-bond acceptors (Lipinski definition) is 4. The second kappa shape index (κ2) is 8.09. The van der Waals surface area contributed by atoms with E-state index in [1.165, 1.54) is 0 Å². The average Bonchev–Trinajstić information content (AvgIpc) is 2.20. The first-order valence-corrected chi connectivity index (χ1v) is 8.16. The molecule has 0 aromatic rings. The van der Waals surface area contributed by atoms with Gasteiger partial charge in [-0.2, -0.15) is 0 Å². The maximum absolute atomic E-state index is 11.8. The van der Waals surface area contributed by atoms with E-state index in [-0.39, 0.29) is 11.2 Å². The number of nitrogens with one attached hydrogen (secondary N) is 2. The van der Waals surface area contributed by atoms with Crippen LogP contribution < -0.4 is 10.0 Å². The molecule has 0 aromatic carbocycles. The first-order chi connectivity index (χ1) is 8.18. The summed E-state index contributed by atoms with van der Waals surface area (Å²) in [5.41, 5.74) is -0.0621. The zero-order valence-electron chi connectivity index (χ0n) is 12.4. The van der Waals surface area contributed by atoms with Gasteiger partial charge in [0.2, 0.25) is 10.0 Å². The zero-order valence-corrected chi connectivity index (χ0v) is 13.2. The van der Waals surface area contributed by atoms with Gasteiger partial charge in [0.15, 0.2) is 0 Å². The van der Waals surface area contributed by atoms with Crippen LogP contribution in [0.25, 0.3) is 0 Å². The van der Waals surface area contributed by atoms with Crippen LogP contribution in [0, 0.1) is 5.41 Å². The van der Waals surface area contributed by atoms with Crippen LogP contribution in [0.15, 0.2) is 0 Å². The van der Waals surface area contributed by atoms with Gasteiger partial charge in [-0.1, -0.05) is 20.8 Å². The molecule has 0 atom stereocenters. The summed E-state index contributed by atoms with van der Waals surface area (Å²) in [4.78, 5) is 2.07. The van der Waals surface area contributed by atoms with Crippen molar-refractivity contribution in [3.8, 4) is 0 Å². The standard InChI is InChI=1S/C12H29N3O2S/c1-6-7-13-8-9-18(16,17)14-10-12(2,3)11-15(4)5/h13-14H,6-11H2,1-5H3. The van der Waals surface area contributed by atoms with Crippen LogP contribution in [0.4, 0.5) is 0 Å². The molecule has 0 aliphatic rings. The topological polar surface area (TPSA) is 61.4 Å². The molecule has 0 bridgehead atoms. The summed E-state index contributed by atoms with van der Waals surface area (Å²) in [5, 5.41) is 3.09. The average molecular weight is 279 g/mol. The summed E-state index contributed by atoms with van der Waals surface area (Å²) in [6.45, 7) is 8.88. The summed E-state index contributed by atoms with van der Waals surface area (Å²) in [6, 6.07) is 0. The Hall–Kier alpha value is -0.170. The van der Waals surface area contributed by atoms with Gasteiger partial charge in [-0.25, -0.2) is 13.1 Å². The van der Waals surface area contributed by atoms with E-state index in [4.69, 9.17) is 0 Å². The van der Waals surface area contributed by atoms with Crippen molar-refractivity contribution in [3.63, 3.8) is 0 Å². The SMILES string of the molecule is CCCNCCS(=O)(=O)NCC(C)(C)CN(C)C. The van der Waals surface area contributed by atoms with Crippen LogP contribution in [-0.4, -0.2) is 59.3 Å². The van der Waals surface area contributed by atoms with Crippen molar-refractivity contribution < 1.29 is 8.42 Å². The van der Waals surface area contributed by atoms with Crippen molar-refractivity contribution in [2.45, 2.75) is 27.2 Å². The van der Waals surface area contributed by atoms with Gasteiger partial charge in [0.25, 0.3) is 0 Å². The Balaban J connectivity index is 4.02. The van der Waals surface area contributed by atoms with E-state index in [1.807, 2.05) is 14.1 Å². The zero-order chi connectivity index (χ0) is 14.2. The normalized spacial score (nSPS) is 13.2. The van der Waals surface area contributed by atoms with Gasteiger partial charge >= 0.3 is 0 Å². The molecule has 6 heteroatoms. The highest BCUT2D eigenvalue weighted by atomic mass is 32.2. The van der Waals surface area contributed by atoms with Crippen molar-refractivity contribution >= 4 is 10.0 Å². The molecule has 2 N–H and O–H groups in total. The van der Waals surface area contributed by atoms with E-state index in [0.29, 0.717) is 13.1 Å². The van der Waals surface area contributed by atoms with Gasteiger partial charge in [-0.05, 0) is 32.5 Å². The highest BCUT2D eigenvalue weighted by molar-refractivity contribution is 7.89. The van der Waals surface area contributed by atoms with E-state index in [2.05, 4.69) is 35.7 Å². The summed E-state index contributed by atoms with van der Waals surface area (Å²) >= 11 is 0. The van der Waals surface area contributed by atoms with E-state index >= 15 is 0 Å². The van der Waals surface area contributed by atoms with Gasteiger partial charge in [-0.3, -0.25) is 0 Å². The number of hydrogen-bond donors (Lipinski definition) is 2. The fraction of sp³-hybridized carbons (Fsp3) is 1.00. The Morgan fingerprint density at radius 2 is 1.78 bits per heavy atom. The Kier molecular flexibility index (Phi) is 8.02. The lowest BCUT2D eigenvalue weighted by Gasteiger charge is -2.28. The second-order valence-corrected chi connectivity index (χ2v) is 7.72. The third-order valence-electron chi connectivity index (χ3n) is 2.49. The molecule has 5 nitrogen and oxygen atoms in total. The molecule has 0 amide bonds. The van der Waals surface area contributed by atoms with Crippen LogP contribution in [0.2, 0.25) is 0 Å². The number of sulfonamides is 1. The van der Waals surface area contributed by atoms with Crippen molar-refractivity contribution in [2.24, 2.45) is 5.41 Å². The molecule has 0 spiro atoms. The molecule has 18 heavy (non-hydrogen) atoms. The lowest BCUT2D eigenvalue weighted by molar-refractivity contribution is 0.242. The smallest absolute Gasteiger partial charge is 0.212 e. The predicted molar refractivity (Wildman–Crippen MR) is 77.3 cm³/mol. The van der Waals surface area contributed by atoms with Crippen LogP contribution in [0.1, 0.15) is 27.2 Å². The molecule has 0 aromatic heterocycles. The maximum Gasteiger partial charge on any atom is 0.212 e. The van der Waals surface area contributed by atoms with Crippen molar-refractivity contribution in [1.82, 2.24) is 14.9 Å². The largest absolute Gasteiger partial charge is 0.316 e. The third kappa shape index (κ3) is 9.82. The predicted octanol–water partition coefficient (Wildman–Crippen LogP) is 0.493. The van der Waals surface area contributed by atoms with Crippen LogP contribution in [0.5, 0.6) is 0 Å². The van der Waals surface area contributed by atoms with E-state index in [9.17, 15) is 8.42 Å². The Bertz CT molecular complexity index is 313. The van der Waals surface area contributed by atoms with Crippen molar-refractivity contribution in [1.29, 1.82) is 0 Å². The van der Waals surface area contributed by atoms with E-state index in [0.717, 1.165) is 19.5 Å². The van der Waals surface area contributed by atoms with E-state index < -0.39 is 10.0 Å². The number of rotatable bonds is 10. The molecule has 0 rings (SSSR count). The van der Waals surface area contributed by atoms with Crippen LogP contribution >= 0.6 is 0 Å². The molecule has 0 saturated carbocycles. The summed E-state index contributed by atoms with van der Waals surface area (Å²) < 4.78 is 26.2. The molecule has 0 aliphatic carbocycles. The molecule has 0 unspecified atom stereocenters. The first-order valence-electron chi connectivity index (χ1n) is 6.51. The van der Waals surface area contributed by atoms with Crippen molar-refractivity contribution in [3.05, 3.63) is 0 Å². The molecular formula is C12H29N3O2S. The van der Waals surface area contributed by atoms with Crippen LogP contribution in [-0.2, 0) is 10.0 Å².